The minimum atomic E-state index is 0.473. The summed E-state index contributed by atoms with van der Waals surface area (Å²) in [6.45, 7) is 4.33. The molecule has 3 nitrogen and oxygen atoms in total. The van der Waals surface area contributed by atoms with Gasteiger partial charge in [0.1, 0.15) is 0 Å². The van der Waals surface area contributed by atoms with Crippen molar-refractivity contribution in [1.82, 2.24) is 0 Å². The summed E-state index contributed by atoms with van der Waals surface area (Å²) < 4.78 is 0. The molecule has 0 aromatic heterocycles. The standard InChI is InChI=1S/C6H15N3S/c1-3-5(2)4-10-6(7)9-8/h5H,3-4,8H2,1-2H3,(H2,7,9). The van der Waals surface area contributed by atoms with Crippen molar-refractivity contribution in [3.05, 3.63) is 0 Å². The summed E-state index contributed by atoms with van der Waals surface area (Å²) in [6, 6.07) is 0. The van der Waals surface area contributed by atoms with Gasteiger partial charge >= 0.3 is 0 Å². The van der Waals surface area contributed by atoms with E-state index >= 15 is 0 Å². The van der Waals surface area contributed by atoms with Gasteiger partial charge in [-0.3, -0.25) is 0 Å². The van der Waals surface area contributed by atoms with E-state index in [1.807, 2.05) is 0 Å². The highest BCUT2D eigenvalue weighted by molar-refractivity contribution is 8.13. The first kappa shape index (κ1) is 9.62. The molecule has 0 amide bonds. The van der Waals surface area contributed by atoms with E-state index in [1.54, 1.807) is 0 Å². The molecule has 0 saturated carbocycles. The Morgan fingerprint density at radius 2 is 2.30 bits per heavy atom. The van der Waals surface area contributed by atoms with Crippen LogP contribution in [0, 0.1) is 5.92 Å². The molecular weight excluding hydrogens is 146 g/mol. The van der Waals surface area contributed by atoms with Crippen LogP contribution in [0.5, 0.6) is 0 Å². The van der Waals surface area contributed by atoms with E-state index in [4.69, 9.17) is 11.6 Å². The van der Waals surface area contributed by atoms with Gasteiger partial charge in [-0.1, -0.05) is 32.0 Å². The molecular formula is C6H15N3S. The molecule has 4 N–H and O–H groups in total. The first-order chi connectivity index (χ1) is 4.70. The maximum absolute atomic E-state index is 5.36. The second kappa shape index (κ2) is 5.41. The molecule has 0 aliphatic carbocycles. The Bertz CT molecular complexity index is 114. The number of hydrogen-bond donors (Lipinski definition) is 2. The van der Waals surface area contributed by atoms with Crippen LogP contribution in [-0.2, 0) is 0 Å². The van der Waals surface area contributed by atoms with Gasteiger partial charge in [0.15, 0.2) is 5.17 Å². The summed E-state index contributed by atoms with van der Waals surface area (Å²) in [4.78, 5) is 0. The van der Waals surface area contributed by atoms with E-state index in [0.29, 0.717) is 11.1 Å². The molecule has 60 valence electrons. The van der Waals surface area contributed by atoms with E-state index in [9.17, 15) is 0 Å². The first-order valence-electron chi connectivity index (χ1n) is 3.36. The van der Waals surface area contributed by atoms with Crippen molar-refractivity contribution in [1.29, 1.82) is 0 Å². The van der Waals surface area contributed by atoms with Gasteiger partial charge in [-0.15, -0.1) is 0 Å². The van der Waals surface area contributed by atoms with E-state index in [-0.39, 0.29) is 0 Å². The van der Waals surface area contributed by atoms with Crippen molar-refractivity contribution in [2.75, 3.05) is 5.75 Å². The van der Waals surface area contributed by atoms with E-state index < -0.39 is 0 Å². The third kappa shape index (κ3) is 4.49. The molecule has 0 saturated heterocycles. The fourth-order valence-corrected chi connectivity index (χ4v) is 1.15. The SMILES string of the molecule is CCC(C)CSC(N)=NN. The predicted molar refractivity (Wildman–Crippen MR) is 47.7 cm³/mol. The molecule has 0 aromatic rings. The molecule has 0 radical (unpaired) electrons. The van der Waals surface area contributed by atoms with Crippen LogP contribution in [-0.4, -0.2) is 10.9 Å². The first-order valence-corrected chi connectivity index (χ1v) is 4.35. The van der Waals surface area contributed by atoms with Gasteiger partial charge in [0.05, 0.1) is 0 Å². The Hall–Kier alpha value is -0.380. The Kier molecular flexibility index (Phi) is 5.20. The van der Waals surface area contributed by atoms with Gasteiger partial charge in [-0.2, -0.15) is 5.10 Å². The predicted octanol–water partition coefficient (Wildman–Crippen LogP) is 0.954. The van der Waals surface area contributed by atoms with E-state index in [2.05, 4.69) is 18.9 Å². The fraction of sp³-hybridized carbons (Fsp3) is 0.833. The number of hydrazone groups is 1. The van der Waals surface area contributed by atoms with Crippen LogP contribution >= 0.6 is 11.8 Å². The van der Waals surface area contributed by atoms with Crippen LogP contribution in [0.3, 0.4) is 0 Å². The third-order valence-electron chi connectivity index (χ3n) is 1.34. The summed E-state index contributed by atoms with van der Waals surface area (Å²) in [5, 5.41) is 3.82. The van der Waals surface area contributed by atoms with Crippen LogP contribution in [0.15, 0.2) is 5.10 Å². The number of amidine groups is 1. The van der Waals surface area contributed by atoms with Crippen LogP contribution in [0.25, 0.3) is 0 Å². The van der Waals surface area contributed by atoms with Crippen molar-refractivity contribution in [2.24, 2.45) is 22.6 Å². The Balaban J connectivity index is 3.35. The highest BCUT2D eigenvalue weighted by Crippen LogP contribution is 2.10. The normalized spacial score (nSPS) is 15.2. The van der Waals surface area contributed by atoms with Gasteiger partial charge < -0.3 is 11.6 Å². The monoisotopic (exact) mass is 161 g/mol. The summed E-state index contributed by atoms with van der Waals surface area (Å²) in [5.74, 6) is 6.63. The topological polar surface area (TPSA) is 64.4 Å². The maximum Gasteiger partial charge on any atom is 0.177 e. The minimum absolute atomic E-state index is 0.473. The average Bonchev–Trinajstić information content (AvgIpc) is 1.99. The average molecular weight is 161 g/mol. The van der Waals surface area contributed by atoms with Crippen molar-refractivity contribution in [3.63, 3.8) is 0 Å². The number of nitrogens with zero attached hydrogens (tertiary/aromatic N) is 1. The van der Waals surface area contributed by atoms with Gasteiger partial charge in [-0.05, 0) is 5.92 Å². The lowest BCUT2D eigenvalue weighted by Crippen LogP contribution is -2.11. The molecule has 0 aromatic carbocycles. The molecule has 1 atom stereocenters. The quantitative estimate of drug-likeness (QED) is 0.280. The largest absolute Gasteiger partial charge is 0.377 e. The van der Waals surface area contributed by atoms with Gasteiger partial charge in [-0.25, -0.2) is 0 Å². The number of rotatable bonds is 3. The summed E-state index contributed by atoms with van der Waals surface area (Å²) in [6.07, 6.45) is 1.17. The maximum atomic E-state index is 5.36. The molecule has 1 unspecified atom stereocenters. The van der Waals surface area contributed by atoms with E-state index in [1.165, 1.54) is 18.2 Å². The molecule has 0 heterocycles. The number of hydrogen-bond acceptors (Lipinski definition) is 3. The molecule has 0 fully saturated rings. The van der Waals surface area contributed by atoms with Crippen LogP contribution in [0.1, 0.15) is 20.3 Å². The molecule has 10 heavy (non-hydrogen) atoms. The smallest absolute Gasteiger partial charge is 0.177 e. The third-order valence-corrected chi connectivity index (χ3v) is 2.48. The lowest BCUT2D eigenvalue weighted by atomic mass is 10.2. The summed E-state index contributed by atoms with van der Waals surface area (Å²) in [5.41, 5.74) is 5.36. The number of thioether (sulfide) groups is 1. The van der Waals surface area contributed by atoms with Gasteiger partial charge in [0, 0.05) is 5.75 Å². The van der Waals surface area contributed by atoms with Gasteiger partial charge in [0.25, 0.3) is 0 Å². The number of nitrogens with two attached hydrogens (primary N) is 2. The molecule has 0 rings (SSSR count). The second-order valence-electron chi connectivity index (χ2n) is 2.29. The molecule has 0 bridgehead atoms. The zero-order chi connectivity index (χ0) is 7.98. The van der Waals surface area contributed by atoms with Crippen molar-refractivity contribution in [2.45, 2.75) is 20.3 Å². The summed E-state index contributed by atoms with van der Waals surface area (Å²) >= 11 is 1.51. The highest BCUT2D eigenvalue weighted by Gasteiger charge is 1.99. The molecule has 0 aliphatic rings. The summed E-state index contributed by atoms with van der Waals surface area (Å²) in [7, 11) is 0. The van der Waals surface area contributed by atoms with Gasteiger partial charge in [0.2, 0.25) is 0 Å². The van der Waals surface area contributed by atoms with Crippen LogP contribution in [0.2, 0.25) is 0 Å². The van der Waals surface area contributed by atoms with Crippen molar-refractivity contribution in [3.8, 4) is 0 Å². The van der Waals surface area contributed by atoms with E-state index in [0.717, 1.165) is 5.75 Å². The fourth-order valence-electron chi connectivity index (χ4n) is 0.383. The Morgan fingerprint density at radius 3 is 2.70 bits per heavy atom. The van der Waals surface area contributed by atoms with Crippen LogP contribution in [0.4, 0.5) is 0 Å². The molecule has 4 heteroatoms. The lowest BCUT2D eigenvalue weighted by molar-refractivity contribution is 0.638. The lowest BCUT2D eigenvalue weighted by Gasteiger charge is -2.05. The zero-order valence-corrected chi connectivity index (χ0v) is 7.32. The minimum Gasteiger partial charge on any atom is -0.377 e. The molecule has 0 spiro atoms. The van der Waals surface area contributed by atoms with Crippen molar-refractivity contribution >= 4 is 16.9 Å². The molecule has 0 aliphatic heterocycles. The van der Waals surface area contributed by atoms with Crippen LogP contribution < -0.4 is 11.6 Å². The second-order valence-corrected chi connectivity index (χ2v) is 3.33. The zero-order valence-electron chi connectivity index (χ0n) is 6.50. The highest BCUT2D eigenvalue weighted by atomic mass is 32.2. The Morgan fingerprint density at radius 1 is 1.70 bits per heavy atom. The van der Waals surface area contributed by atoms with Crippen molar-refractivity contribution < 1.29 is 0 Å². The Labute approximate surface area is 66.2 Å².